The van der Waals surface area contributed by atoms with Crippen LogP contribution in [-0.2, 0) is 4.79 Å². The zero-order valence-electron chi connectivity index (χ0n) is 10.7. The van der Waals surface area contributed by atoms with Gasteiger partial charge in [-0.3, -0.25) is 9.59 Å². The van der Waals surface area contributed by atoms with Crippen molar-refractivity contribution in [2.75, 3.05) is 6.54 Å². The van der Waals surface area contributed by atoms with Crippen LogP contribution in [0.3, 0.4) is 0 Å². The Hall–Kier alpha value is -1.78. The summed E-state index contributed by atoms with van der Waals surface area (Å²) in [6, 6.07) is 2.54. The zero-order chi connectivity index (χ0) is 14.0. The number of halogens is 2. The van der Waals surface area contributed by atoms with E-state index in [1.807, 2.05) is 0 Å². The Balaban J connectivity index is 2.23. The van der Waals surface area contributed by atoms with Crippen LogP contribution in [0.25, 0.3) is 0 Å². The third-order valence-corrected chi connectivity index (χ3v) is 3.38. The van der Waals surface area contributed by atoms with Crippen molar-refractivity contribution in [2.45, 2.75) is 32.2 Å². The van der Waals surface area contributed by atoms with E-state index in [2.05, 4.69) is 0 Å². The molecule has 0 aliphatic carbocycles. The first kappa shape index (κ1) is 13.6. The molecule has 1 atom stereocenters. The third kappa shape index (κ3) is 2.64. The lowest BCUT2D eigenvalue weighted by Gasteiger charge is -2.23. The van der Waals surface area contributed by atoms with E-state index in [4.69, 9.17) is 0 Å². The molecule has 1 aliphatic heterocycles. The highest BCUT2D eigenvalue weighted by molar-refractivity contribution is 6.02. The van der Waals surface area contributed by atoms with Crippen LogP contribution in [0, 0.1) is 11.6 Å². The molecule has 0 radical (unpaired) electrons. The number of nitrogens with zero attached hydrogens (tertiary/aromatic N) is 1. The fraction of sp³-hybridized carbons (Fsp3) is 0.429. The number of amides is 1. The molecule has 0 spiro atoms. The first-order valence-corrected chi connectivity index (χ1v) is 6.33. The van der Waals surface area contributed by atoms with E-state index < -0.39 is 17.7 Å². The van der Waals surface area contributed by atoms with Crippen molar-refractivity contribution in [1.82, 2.24) is 4.90 Å². The van der Waals surface area contributed by atoms with E-state index in [0.717, 1.165) is 18.6 Å². The van der Waals surface area contributed by atoms with Crippen molar-refractivity contribution in [3.8, 4) is 0 Å². The molecule has 1 amide bonds. The van der Waals surface area contributed by atoms with Gasteiger partial charge in [0.2, 0.25) is 5.91 Å². The molecule has 1 heterocycles. The van der Waals surface area contributed by atoms with Gasteiger partial charge in [-0.2, -0.15) is 0 Å². The molecule has 1 unspecified atom stereocenters. The maximum atomic E-state index is 13.1. The summed E-state index contributed by atoms with van der Waals surface area (Å²) in [7, 11) is 0. The molecule has 3 nitrogen and oxygen atoms in total. The van der Waals surface area contributed by atoms with Crippen molar-refractivity contribution in [2.24, 2.45) is 0 Å². The van der Waals surface area contributed by atoms with E-state index in [1.54, 1.807) is 6.92 Å². The molecule has 19 heavy (non-hydrogen) atoms. The van der Waals surface area contributed by atoms with Gasteiger partial charge in [-0.25, -0.2) is 8.78 Å². The summed E-state index contributed by atoms with van der Waals surface area (Å²) in [4.78, 5) is 25.5. The molecule has 1 aliphatic rings. The molecule has 1 aromatic rings. The van der Waals surface area contributed by atoms with Crippen LogP contribution in [0.5, 0.6) is 0 Å². The monoisotopic (exact) mass is 267 g/mol. The highest BCUT2D eigenvalue weighted by atomic mass is 19.2. The number of carbonyl (C=O) groups excluding carboxylic acids is 2. The number of carbonyl (C=O) groups is 2. The van der Waals surface area contributed by atoms with Gasteiger partial charge in [0.05, 0.1) is 6.04 Å². The van der Waals surface area contributed by atoms with Gasteiger partial charge in [-0.15, -0.1) is 0 Å². The van der Waals surface area contributed by atoms with Gasteiger partial charge >= 0.3 is 0 Å². The number of hydrogen-bond donors (Lipinski definition) is 0. The Morgan fingerprint density at radius 1 is 1.32 bits per heavy atom. The quantitative estimate of drug-likeness (QED) is 0.789. The Morgan fingerprint density at radius 3 is 2.68 bits per heavy atom. The third-order valence-electron chi connectivity index (χ3n) is 3.38. The van der Waals surface area contributed by atoms with E-state index >= 15 is 0 Å². The minimum atomic E-state index is -1.04. The summed E-state index contributed by atoms with van der Waals surface area (Å²) in [6.45, 7) is 2.28. The van der Waals surface area contributed by atoms with Crippen LogP contribution in [0.4, 0.5) is 8.78 Å². The summed E-state index contributed by atoms with van der Waals surface area (Å²) in [6.07, 6.45) is 1.66. The largest absolute Gasteiger partial charge is 0.332 e. The van der Waals surface area contributed by atoms with Gasteiger partial charge in [-0.1, -0.05) is 6.92 Å². The maximum Gasteiger partial charge on any atom is 0.222 e. The number of hydrogen-bond acceptors (Lipinski definition) is 2. The van der Waals surface area contributed by atoms with E-state index in [0.29, 0.717) is 19.4 Å². The Labute approximate surface area is 110 Å². The molecule has 0 aromatic heterocycles. The van der Waals surface area contributed by atoms with Gasteiger partial charge in [-0.05, 0) is 31.0 Å². The summed E-state index contributed by atoms with van der Waals surface area (Å²) < 4.78 is 26.0. The topological polar surface area (TPSA) is 37.4 Å². The van der Waals surface area contributed by atoms with E-state index in [-0.39, 0.29) is 17.3 Å². The SMILES string of the molecule is CCC(=O)N1CCCC1C(=O)c1ccc(F)c(F)c1. The first-order chi connectivity index (χ1) is 9.04. The molecular formula is C14H15F2NO2. The van der Waals surface area contributed by atoms with Crippen molar-refractivity contribution in [3.63, 3.8) is 0 Å². The maximum absolute atomic E-state index is 13.1. The number of likely N-dealkylation sites (tertiary alicyclic amines) is 1. The molecule has 0 bridgehead atoms. The second-order valence-corrected chi connectivity index (χ2v) is 4.59. The van der Waals surface area contributed by atoms with Crippen LogP contribution in [-0.4, -0.2) is 29.2 Å². The zero-order valence-corrected chi connectivity index (χ0v) is 10.7. The molecule has 1 fully saturated rings. The van der Waals surface area contributed by atoms with Gasteiger partial charge in [0.1, 0.15) is 0 Å². The lowest BCUT2D eigenvalue weighted by atomic mass is 10.0. The second kappa shape index (κ2) is 5.47. The predicted octanol–water partition coefficient (Wildman–Crippen LogP) is 2.55. The Kier molecular flexibility index (Phi) is 3.93. The molecule has 0 N–H and O–H groups in total. The van der Waals surface area contributed by atoms with Gasteiger partial charge in [0, 0.05) is 18.5 Å². The normalized spacial score (nSPS) is 18.7. The highest BCUT2D eigenvalue weighted by Gasteiger charge is 2.33. The smallest absolute Gasteiger partial charge is 0.222 e. The van der Waals surface area contributed by atoms with Gasteiger partial charge in [0.15, 0.2) is 17.4 Å². The Morgan fingerprint density at radius 2 is 2.05 bits per heavy atom. The van der Waals surface area contributed by atoms with Crippen LogP contribution in [0.2, 0.25) is 0 Å². The standard InChI is InChI=1S/C14H15F2NO2/c1-2-13(18)17-7-3-4-12(17)14(19)9-5-6-10(15)11(16)8-9/h5-6,8,12H,2-4,7H2,1H3. The molecule has 0 saturated carbocycles. The van der Waals surface area contributed by atoms with Gasteiger partial charge < -0.3 is 4.90 Å². The number of ketones is 1. The number of rotatable bonds is 3. The minimum absolute atomic E-state index is 0.0848. The summed E-state index contributed by atoms with van der Waals surface area (Å²) in [5.74, 6) is -2.43. The van der Waals surface area contributed by atoms with Crippen molar-refractivity contribution < 1.29 is 18.4 Å². The van der Waals surface area contributed by atoms with E-state index in [1.165, 1.54) is 11.0 Å². The van der Waals surface area contributed by atoms with Crippen LogP contribution >= 0.6 is 0 Å². The molecule has 2 rings (SSSR count). The molecule has 1 aromatic carbocycles. The lowest BCUT2D eigenvalue weighted by Crippen LogP contribution is -2.40. The molecular weight excluding hydrogens is 252 g/mol. The average Bonchev–Trinajstić information content (AvgIpc) is 2.89. The second-order valence-electron chi connectivity index (χ2n) is 4.59. The fourth-order valence-electron chi connectivity index (χ4n) is 2.38. The number of Topliss-reactive ketones (excluding diaryl/α,β-unsaturated/α-hetero) is 1. The minimum Gasteiger partial charge on any atom is -0.332 e. The average molecular weight is 267 g/mol. The summed E-state index contributed by atoms with van der Waals surface area (Å²) >= 11 is 0. The van der Waals surface area contributed by atoms with Gasteiger partial charge in [0.25, 0.3) is 0 Å². The summed E-state index contributed by atoms with van der Waals surface area (Å²) in [5, 5.41) is 0. The lowest BCUT2D eigenvalue weighted by molar-refractivity contribution is -0.131. The summed E-state index contributed by atoms with van der Waals surface area (Å²) in [5.41, 5.74) is 0.111. The molecule has 102 valence electrons. The number of benzene rings is 1. The Bertz CT molecular complexity index is 516. The van der Waals surface area contributed by atoms with Crippen LogP contribution in [0.1, 0.15) is 36.5 Å². The fourth-order valence-corrected chi connectivity index (χ4v) is 2.38. The highest BCUT2D eigenvalue weighted by Crippen LogP contribution is 2.22. The van der Waals surface area contributed by atoms with Crippen LogP contribution < -0.4 is 0 Å². The van der Waals surface area contributed by atoms with Crippen molar-refractivity contribution >= 4 is 11.7 Å². The van der Waals surface area contributed by atoms with Crippen molar-refractivity contribution in [1.29, 1.82) is 0 Å². The predicted molar refractivity (Wildman–Crippen MR) is 65.7 cm³/mol. The first-order valence-electron chi connectivity index (χ1n) is 6.33. The van der Waals surface area contributed by atoms with Crippen molar-refractivity contribution in [3.05, 3.63) is 35.4 Å². The van der Waals surface area contributed by atoms with E-state index in [9.17, 15) is 18.4 Å². The van der Waals surface area contributed by atoms with Crippen LogP contribution in [0.15, 0.2) is 18.2 Å². The molecule has 5 heteroatoms. The molecule has 1 saturated heterocycles.